The minimum Gasteiger partial charge on any atom is -0.508 e. The van der Waals surface area contributed by atoms with Crippen molar-refractivity contribution in [1.82, 2.24) is 24.8 Å². The molecule has 0 spiro atoms. The first-order valence-corrected chi connectivity index (χ1v) is 13.2. The van der Waals surface area contributed by atoms with Gasteiger partial charge in [-0.3, -0.25) is 9.78 Å². The van der Waals surface area contributed by atoms with E-state index in [2.05, 4.69) is 26.8 Å². The lowest BCUT2D eigenvalue weighted by Gasteiger charge is -2.31. The molecule has 1 aromatic carbocycles. The molecule has 0 radical (unpaired) electrons. The summed E-state index contributed by atoms with van der Waals surface area (Å²) in [5.74, 6) is -1.87. The van der Waals surface area contributed by atoms with Crippen molar-refractivity contribution in [3.05, 3.63) is 82.6 Å². The van der Waals surface area contributed by atoms with Crippen molar-refractivity contribution < 1.29 is 18.7 Å². The maximum absolute atomic E-state index is 15.8. The molecule has 3 aromatic heterocycles. The maximum atomic E-state index is 15.8. The van der Waals surface area contributed by atoms with E-state index in [0.717, 1.165) is 18.2 Å². The number of halogens is 2. The molecule has 4 rings (SSSR count). The molecule has 3 heterocycles. The van der Waals surface area contributed by atoms with Crippen LogP contribution in [-0.4, -0.2) is 50.2 Å². The van der Waals surface area contributed by atoms with Crippen LogP contribution < -0.4 is 15.9 Å². The number of rotatable bonds is 11. The first-order valence-electron chi connectivity index (χ1n) is 13.2. The van der Waals surface area contributed by atoms with Crippen molar-refractivity contribution in [1.29, 1.82) is 0 Å². The Labute approximate surface area is 236 Å². The van der Waals surface area contributed by atoms with Gasteiger partial charge in [0.25, 0.3) is 0 Å². The summed E-state index contributed by atoms with van der Waals surface area (Å²) < 4.78 is 32.0. The van der Waals surface area contributed by atoms with Gasteiger partial charge in [0.1, 0.15) is 28.9 Å². The number of aryl methyl sites for hydroxylation is 1. The summed E-state index contributed by atoms with van der Waals surface area (Å²) >= 11 is 0. The van der Waals surface area contributed by atoms with Gasteiger partial charge in [0.2, 0.25) is 6.41 Å². The number of pyridine rings is 2. The Balaban J connectivity index is 2.15. The molecule has 1 unspecified atom stereocenters. The zero-order chi connectivity index (χ0) is 29.8. The molecule has 0 aliphatic heterocycles. The van der Waals surface area contributed by atoms with Crippen LogP contribution in [0.5, 0.6) is 5.75 Å². The predicted octanol–water partition coefficient (Wildman–Crippen LogP) is 4.78. The average molecular weight is 563 g/mol. The van der Waals surface area contributed by atoms with Gasteiger partial charge in [-0.25, -0.2) is 23.1 Å². The van der Waals surface area contributed by atoms with Gasteiger partial charge in [-0.15, -0.1) is 6.58 Å². The number of nitrogens with zero attached hydrogens (tertiary/aromatic N) is 5. The van der Waals surface area contributed by atoms with Gasteiger partial charge < -0.3 is 15.3 Å². The highest BCUT2D eigenvalue weighted by Crippen LogP contribution is 2.34. The van der Waals surface area contributed by atoms with E-state index in [-0.39, 0.29) is 52.4 Å². The number of carbonyl (C=O) groups is 1. The fourth-order valence-electron chi connectivity index (χ4n) is 4.79. The molecular weight excluding hydrogens is 530 g/mol. The van der Waals surface area contributed by atoms with E-state index in [1.165, 1.54) is 10.6 Å². The first kappa shape index (κ1) is 29.3. The van der Waals surface area contributed by atoms with Gasteiger partial charge in [-0.05, 0) is 62.1 Å². The number of aromatic hydroxyl groups is 1. The lowest BCUT2D eigenvalue weighted by molar-refractivity contribution is -0.109. The number of benzene rings is 1. The van der Waals surface area contributed by atoms with Crippen LogP contribution in [0.3, 0.4) is 0 Å². The van der Waals surface area contributed by atoms with Gasteiger partial charge in [0.05, 0.1) is 16.8 Å². The highest BCUT2D eigenvalue weighted by Gasteiger charge is 2.26. The van der Waals surface area contributed by atoms with Crippen molar-refractivity contribution in [2.75, 3.05) is 18.0 Å². The molecule has 41 heavy (non-hydrogen) atoms. The molecule has 0 saturated heterocycles. The van der Waals surface area contributed by atoms with E-state index >= 15 is 4.39 Å². The van der Waals surface area contributed by atoms with Gasteiger partial charge in [-0.1, -0.05) is 19.9 Å². The number of phenolic OH excluding ortho intramolecular Hbond substituents is 1. The Morgan fingerprint density at radius 3 is 2.59 bits per heavy atom. The van der Waals surface area contributed by atoms with Crippen LogP contribution in [0, 0.1) is 18.6 Å². The summed E-state index contributed by atoms with van der Waals surface area (Å²) in [6, 6.07) is 5.81. The lowest BCUT2D eigenvalue weighted by Crippen LogP contribution is -2.42. The molecule has 0 bridgehead atoms. The van der Waals surface area contributed by atoms with Crippen molar-refractivity contribution in [3.8, 4) is 22.7 Å². The number of amides is 1. The molecule has 1 amide bonds. The Kier molecular flexibility index (Phi) is 8.75. The monoisotopic (exact) mass is 562 g/mol. The van der Waals surface area contributed by atoms with Crippen molar-refractivity contribution >= 4 is 23.3 Å². The smallest absolute Gasteiger partial charge is 0.355 e. The molecule has 2 N–H and O–H groups in total. The standard InChI is InChI=1S/C30H32F2N6O3/c1-6-7-12-37(19(5)15-33-16-39)28-22-14-24(32)26(21-13-20(40)8-9-23(21)31)35-29(22)38(30(41)36-28)27-18(4)10-11-34-25(27)17(2)3/h6,8-11,13-14,16-17,19,40H,1,7,12,15H2,2-5H3,(H,33,39). The molecule has 0 aliphatic rings. The van der Waals surface area contributed by atoms with Crippen LogP contribution in [0.15, 0.2) is 54.0 Å². The van der Waals surface area contributed by atoms with Crippen LogP contribution in [0.4, 0.5) is 14.6 Å². The summed E-state index contributed by atoms with van der Waals surface area (Å²) in [4.78, 5) is 40.1. The van der Waals surface area contributed by atoms with Crippen molar-refractivity contribution in [3.63, 3.8) is 0 Å². The number of fused-ring (bicyclic) bond motifs is 1. The van der Waals surface area contributed by atoms with E-state index in [0.29, 0.717) is 36.3 Å². The Morgan fingerprint density at radius 2 is 1.90 bits per heavy atom. The minimum absolute atomic E-state index is 0.0382. The van der Waals surface area contributed by atoms with Gasteiger partial charge >= 0.3 is 5.69 Å². The van der Waals surface area contributed by atoms with Gasteiger partial charge in [-0.2, -0.15) is 4.98 Å². The second-order valence-electron chi connectivity index (χ2n) is 10.1. The molecular formula is C30H32F2N6O3. The van der Waals surface area contributed by atoms with E-state index in [1.54, 1.807) is 23.2 Å². The lowest BCUT2D eigenvalue weighted by atomic mass is 10.0. The zero-order valence-electron chi connectivity index (χ0n) is 23.4. The SMILES string of the molecule is C=CCCN(c1nc(=O)n(-c2c(C)ccnc2C(C)C)c2nc(-c3cc(O)ccc3F)c(F)cc12)C(C)CNC=O. The summed E-state index contributed by atoms with van der Waals surface area (Å²) in [6.45, 7) is 11.9. The molecule has 11 heteroatoms. The normalized spacial score (nSPS) is 12.0. The van der Waals surface area contributed by atoms with Gasteiger partial charge in [0.15, 0.2) is 5.65 Å². The fraction of sp³-hybridized carbons (Fsp3) is 0.300. The van der Waals surface area contributed by atoms with Crippen LogP contribution >= 0.6 is 0 Å². The average Bonchev–Trinajstić information content (AvgIpc) is 2.93. The van der Waals surface area contributed by atoms with Gasteiger partial charge in [0, 0.05) is 30.9 Å². The second kappa shape index (κ2) is 12.2. The molecule has 1 atom stereocenters. The highest BCUT2D eigenvalue weighted by molar-refractivity contribution is 5.90. The molecule has 0 fully saturated rings. The Bertz CT molecular complexity index is 1670. The number of hydrogen-bond acceptors (Lipinski definition) is 7. The summed E-state index contributed by atoms with van der Waals surface area (Å²) in [6.07, 6.45) is 4.43. The van der Waals surface area contributed by atoms with Crippen molar-refractivity contribution in [2.24, 2.45) is 0 Å². The third kappa shape index (κ3) is 5.79. The zero-order valence-corrected chi connectivity index (χ0v) is 23.4. The van der Waals surface area contributed by atoms with Crippen LogP contribution in [0.2, 0.25) is 0 Å². The van der Waals surface area contributed by atoms with E-state index in [1.807, 2.05) is 27.7 Å². The number of nitrogens with one attached hydrogen (secondary N) is 1. The number of hydrogen-bond donors (Lipinski definition) is 2. The third-order valence-corrected chi connectivity index (χ3v) is 6.81. The van der Waals surface area contributed by atoms with Crippen LogP contribution in [0.1, 0.15) is 44.4 Å². The topological polar surface area (TPSA) is 113 Å². The molecule has 0 aliphatic carbocycles. The maximum Gasteiger partial charge on any atom is 0.355 e. The summed E-state index contributed by atoms with van der Waals surface area (Å²) in [5, 5.41) is 12.8. The summed E-state index contributed by atoms with van der Waals surface area (Å²) in [5.41, 5.74) is 0.475. The largest absolute Gasteiger partial charge is 0.508 e. The highest BCUT2D eigenvalue weighted by atomic mass is 19.1. The van der Waals surface area contributed by atoms with E-state index in [9.17, 15) is 19.1 Å². The number of aromatic nitrogens is 4. The number of phenols is 1. The van der Waals surface area contributed by atoms with E-state index < -0.39 is 17.3 Å². The Hall–Kier alpha value is -4.67. The second-order valence-corrected chi connectivity index (χ2v) is 10.1. The van der Waals surface area contributed by atoms with Crippen LogP contribution in [-0.2, 0) is 4.79 Å². The fourth-order valence-corrected chi connectivity index (χ4v) is 4.79. The Morgan fingerprint density at radius 1 is 1.15 bits per heavy atom. The summed E-state index contributed by atoms with van der Waals surface area (Å²) in [7, 11) is 0. The third-order valence-electron chi connectivity index (χ3n) is 6.81. The number of carbonyl (C=O) groups excluding carboxylic acids is 1. The molecule has 0 saturated carbocycles. The number of anilines is 1. The molecule has 214 valence electrons. The molecule has 4 aromatic rings. The molecule has 9 nitrogen and oxygen atoms in total. The quantitative estimate of drug-likeness (QED) is 0.200. The van der Waals surface area contributed by atoms with Crippen LogP contribution in [0.25, 0.3) is 28.0 Å². The van der Waals surface area contributed by atoms with Crippen molar-refractivity contribution in [2.45, 2.75) is 46.1 Å². The predicted molar refractivity (Wildman–Crippen MR) is 154 cm³/mol. The first-order chi connectivity index (χ1) is 19.6. The minimum atomic E-state index is -0.871. The van der Waals surface area contributed by atoms with E-state index in [4.69, 9.17) is 0 Å².